The van der Waals surface area contributed by atoms with Crippen LogP contribution in [0.15, 0.2) is 0 Å². The molecule has 0 unspecified atom stereocenters. The number of hydrogen-bond donors (Lipinski definition) is 4. The van der Waals surface area contributed by atoms with Gasteiger partial charge in [-0.2, -0.15) is 0 Å². The van der Waals surface area contributed by atoms with Crippen molar-refractivity contribution in [2.75, 3.05) is 19.7 Å². The highest BCUT2D eigenvalue weighted by Crippen LogP contribution is 2.14. The summed E-state index contributed by atoms with van der Waals surface area (Å²) in [5.41, 5.74) is 0. The van der Waals surface area contributed by atoms with E-state index in [0.717, 1.165) is 0 Å². The molecule has 1 aliphatic rings. The number of hydrogen-bond acceptors (Lipinski definition) is 4. The Bertz CT molecular complexity index is 118. The van der Waals surface area contributed by atoms with Gasteiger partial charge in [-0.25, -0.2) is 0 Å². The van der Waals surface area contributed by atoms with E-state index < -0.39 is 12.2 Å². The van der Waals surface area contributed by atoms with Gasteiger partial charge in [-0.3, -0.25) is 0 Å². The third kappa shape index (κ3) is 2.13. The molecule has 0 aromatic carbocycles. The molecule has 3 atom stereocenters. The Morgan fingerprint density at radius 1 is 1.27 bits per heavy atom. The molecule has 1 heterocycles. The molecule has 4 N–H and O–H groups in total. The second kappa shape index (κ2) is 4.01. The van der Waals surface area contributed by atoms with Crippen molar-refractivity contribution in [1.29, 1.82) is 0 Å². The number of aliphatic hydroxyl groups excluding tert-OH is 3. The number of piperidine rings is 1. The first-order valence-corrected chi connectivity index (χ1v) is 3.93. The monoisotopic (exact) mass is 161 g/mol. The Hall–Kier alpha value is -0.160. The molecule has 4 heteroatoms. The van der Waals surface area contributed by atoms with Crippen LogP contribution >= 0.6 is 0 Å². The molecule has 0 spiro atoms. The van der Waals surface area contributed by atoms with Crippen LogP contribution in [0.5, 0.6) is 0 Å². The van der Waals surface area contributed by atoms with Gasteiger partial charge in [-0.05, 0) is 6.42 Å². The van der Waals surface area contributed by atoms with Crippen LogP contribution in [0.2, 0.25) is 0 Å². The normalized spacial score (nSPS) is 39.0. The smallest absolute Gasteiger partial charge is 0.0926 e. The average Bonchev–Trinajstić information content (AvgIpc) is 1.99. The molecule has 1 rings (SSSR count). The topological polar surface area (TPSA) is 72.7 Å². The molecule has 0 aromatic rings. The molecule has 0 amide bonds. The van der Waals surface area contributed by atoms with Crippen molar-refractivity contribution in [3.8, 4) is 0 Å². The highest BCUT2D eigenvalue weighted by atomic mass is 16.3. The van der Waals surface area contributed by atoms with Crippen molar-refractivity contribution in [2.24, 2.45) is 5.92 Å². The molecular weight excluding hydrogens is 146 g/mol. The Balaban J connectivity index is 2.38. The van der Waals surface area contributed by atoms with Crippen LogP contribution in [0.3, 0.4) is 0 Å². The van der Waals surface area contributed by atoms with Crippen LogP contribution in [0.4, 0.5) is 0 Å². The molecule has 1 saturated heterocycles. The summed E-state index contributed by atoms with van der Waals surface area (Å²) in [7, 11) is 0. The lowest BCUT2D eigenvalue weighted by molar-refractivity contribution is -0.0404. The summed E-state index contributed by atoms with van der Waals surface area (Å²) in [6, 6.07) is 0. The summed E-state index contributed by atoms with van der Waals surface area (Å²) in [6.07, 6.45) is -0.811. The maximum atomic E-state index is 9.37. The molecule has 0 bridgehead atoms. The summed E-state index contributed by atoms with van der Waals surface area (Å²) in [4.78, 5) is 0. The van der Waals surface area contributed by atoms with Crippen molar-refractivity contribution in [3.05, 3.63) is 0 Å². The lowest BCUT2D eigenvalue weighted by Gasteiger charge is -2.32. The van der Waals surface area contributed by atoms with E-state index in [4.69, 9.17) is 5.11 Å². The first kappa shape index (κ1) is 8.93. The third-order valence-electron chi connectivity index (χ3n) is 2.14. The summed E-state index contributed by atoms with van der Waals surface area (Å²) in [6.45, 7) is 1.19. The van der Waals surface area contributed by atoms with E-state index in [0.29, 0.717) is 19.5 Å². The van der Waals surface area contributed by atoms with Crippen LogP contribution in [0.25, 0.3) is 0 Å². The molecule has 0 aliphatic carbocycles. The highest BCUT2D eigenvalue weighted by molar-refractivity contribution is 4.83. The van der Waals surface area contributed by atoms with Gasteiger partial charge in [0.25, 0.3) is 0 Å². The van der Waals surface area contributed by atoms with Gasteiger partial charge < -0.3 is 20.6 Å². The minimum Gasteiger partial charge on any atom is -0.396 e. The van der Waals surface area contributed by atoms with Crippen molar-refractivity contribution in [3.63, 3.8) is 0 Å². The van der Waals surface area contributed by atoms with Crippen LogP contribution < -0.4 is 5.32 Å². The van der Waals surface area contributed by atoms with E-state index in [2.05, 4.69) is 5.32 Å². The Morgan fingerprint density at radius 3 is 2.64 bits per heavy atom. The number of aliphatic hydroxyl groups is 3. The first-order valence-electron chi connectivity index (χ1n) is 3.93. The minimum atomic E-state index is -0.680. The van der Waals surface area contributed by atoms with E-state index in [-0.39, 0.29) is 12.5 Å². The van der Waals surface area contributed by atoms with Gasteiger partial charge in [-0.15, -0.1) is 0 Å². The van der Waals surface area contributed by atoms with Gasteiger partial charge in [-0.1, -0.05) is 0 Å². The van der Waals surface area contributed by atoms with Gasteiger partial charge in [0.1, 0.15) is 0 Å². The van der Waals surface area contributed by atoms with Crippen molar-refractivity contribution >= 4 is 0 Å². The fourth-order valence-corrected chi connectivity index (χ4v) is 1.41. The molecular formula is C7H15NO3. The predicted octanol–water partition coefficient (Wildman–Crippen LogP) is -1.69. The zero-order valence-corrected chi connectivity index (χ0v) is 6.40. The standard InChI is InChI=1S/C7H15NO3/c9-2-1-5-3-8-4-6(10)7(5)11/h5-11H,1-4H2/t5-,6+,7+/m1/s1. The largest absolute Gasteiger partial charge is 0.396 e. The summed E-state index contributed by atoms with van der Waals surface area (Å²) < 4.78 is 0. The molecule has 0 radical (unpaired) electrons. The van der Waals surface area contributed by atoms with E-state index >= 15 is 0 Å². The van der Waals surface area contributed by atoms with Crippen LogP contribution in [0.1, 0.15) is 6.42 Å². The van der Waals surface area contributed by atoms with E-state index in [9.17, 15) is 10.2 Å². The van der Waals surface area contributed by atoms with E-state index in [1.54, 1.807) is 0 Å². The predicted molar refractivity (Wildman–Crippen MR) is 40.1 cm³/mol. The lowest BCUT2D eigenvalue weighted by atomic mass is 9.91. The van der Waals surface area contributed by atoms with Crippen molar-refractivity contribution in [2.45, 2.75) is 18.6 Å². The molecule has 1 fully saturated rings. The summed E-state index contributed by atoms with van der Waals surface area (Å²) >= 11 is 0. The maximum absolute atomic E-state index is 9.37. The average molecular weight is 161 g/mol. The molecule has 0 saturated carbocycles. The SMILES string of the molecule is OCC[C@@H]1CNC[C@H](O)[C@H]1O. The van der Waals surface area contributed by atoms with Crippen LogP contribution in [0, 0.1) is 5.92 Å². The third-order valence-corrected chi connectivity index (χ3v) is 2.14. The zero-order valence-electron chi connectivity index (χ0n) is 6.40. The maximum Gasteiger partial charge on any atom is 0.0926 e. The van der Waals surface area contributed by atoms with Crippen LogP contribution in [-0.2, 0) is 0 Å². The second-order valence-corrected chi connectivity index (χ2v) is 2.99. The van der Waals surface area contributed by atoms with Gasteiger partial charge >= 0.3 is 0 Å². The second-order valence-electron chi connectivity index (χ2n) is 2.99. The Labute approximate surface area is 65.9 Å². The minimum absolute atomic E-state index is 0.0104. The first-order chi connectivity index (χ1) is 5.25. The Morgan fingerprint density at radius 2 is 2.00 bits per heavy atom. The summed E-state index contributed by atoms with van der Waals surface area (Å²) in [5, 5.41) is 30.1. The lowest BCUT2D eigenvalue weighted by Crippen LogP contribution is -2.50. The number of β-amino-alcohol motifs (C(OH)–C–C–N with tert-alkyl or cyclic N) is 1. The molecule has 4 nitrogen and oxygen atoms in total. The van der Waals surface area contributed by atoms with Gasteiger partial charge in [0.15, 0.2) is 0 Å². The number of rotatable bonds is 2. The molecule has 1 aliphatic heterocycles. The highest BCUT2D eigenvalue weighted by Gasteiger charge is 2.29. The zero-order chi connectivity index (χ0) is 8.27. The quantitative estimate of drug-likeness (QED) is 0.390. The van der Waals surface area contributed by atoms with E-state index in [1.165, 1.54) is 0 Å². The fraction of sp³-hybridized carbons (Fsp3) is 1.00. The van der Waals surface area contributed by atoms with Gasteiger partial charge in [0.05, 0.1) is 12.2 Å². The van der Waals surface area contributed by atoms with E-state index in [1.807, 2.05) is 0 Å². The Kier molecular flexibility index (Phi) is 3.26. The van der Waals surface area contributed by atoms with Crippen LogP contribution in [-0.4, -0.2) is 47.2 Å². The molecule has 11 heavy (non-hydrogen) atoms. The number of nitrogens with one attached hydrogen (secondary N) is 1. The summed E-state index contributed by atoms with van der Waals surface area (Å²) in [5.74, 6) is -0.0104. The molecule has 66 valence electrons. The molecule has 0 aromatic heterocycles. The van der Waals surface area contributed by atoms with Gasteiger partial charge in [0, 0.05) is 25.6 Å². The van der Waals surface area contributed by atoms with Crippen molar-refractivity contribution < 1.29 is 15.3 Å². The van der Waals surface area contributed by atoms with Crippen molar-refractivity contribution in [1.82, 2.24) is 5.32 Å². The fourth-order valence-electron chi connectivity index (χ4n) is 1.41. The van der Waals surface area contributed by atoms with Gasteiger partial charge in [0.2, 0.25) is 0 Å².